The summed E-state index contributed by atoms with van der Waals surface area (Å²) >= 11 is 0. The first-order valence-corrected chi connectivity index (χ1v) is 7.87. The second-order valence-corrected chi connectivity index (χ2v) is 6.40. The number of aromatic amines is 1. The van der Waals surface area contributed by atoms with Gasteiger partial charge in [0.05, 0.1) is 0 Å². The number of H-pyrrole nitrogens is 1. The van der Waals surface area contributed by atoms with E-state index in [0.29, 0.717) is 35.7 Å². The van der Waals surface area contributed by atoms with E-state index in [0.717, 1.165) is 12.1 Å². The fourth-order valence-corrected chi connectivity index (χ4v) is 2.98. The Morgan fingerprint density at radius 1 is 1.27 bits per heavy atom. The predicted octanol–water partition coefficient (Wildman–Crippen LogP) is 2.61. The van der Waals surface area contributed by atoms with Crippen molar-refractivity contribution in [2.45, 2.75) is 47.5 Å². The van der Waals surface area contributed by atoms with Gasteiger partial charge in [-0.25, -0.2) is 0 Å². The number of hydrogen-bond acceptors (Lipinski definition) is 3. The summed E-state index contributed by atoms with van der Waals surface area (Å²) in [4.78, 5) is 27.0. The van der Waals surface area contributed by atoms with Crippen LogP contribution in [0, 0.1) is 25.7 Å². The molecule has 0 aliphatic rings. The SMILES string of the molecule is CC(=O)c1c(C)[nH]c(C(=O)NCC(CCO)CC(C)C)c1C. The molecule has 1 aromatic heterocycles. The lowest BCUT2D eigenvalue weighted by molar-refractivity contribution is 0.0936. The van der Waals surface area contributed by atoms with E-state index in [9.17, 15) is 9.59 Å². The number of carbonyl (C=O) groups excluding carboxylic acids is 2. The molecular formula is C17H28N2O3. The molecule has 1 rings (SSSR count). The van der Waals surface area contributed by atoms with Crippen molar-refractivity contribution < 1.29 is 14.7 Å². The van der Waals surface area contributed by atoms with Gasteiger partial charge in [-0.05, 0) is 51.0 Å². The van der Waals surface area contributed by atoms with Crippen molar-refractivity contribution in [2.24, 2.45) is 11.8 Å². The standard InChI is InChI=1S/C17H28N2O3/c1-10(2)8-14(6-7-20)9-18-17(22)16-11(3)15(13(5)21)12(4)19-16/h10,14,19-20H,6-9H2,1-5H3,(H,18,22). The minimum absolute atomic E-state index is 0.0386. The predicted molar refractivity (Wildman–Crippen MR) is 87.3 cm³/mol. The number of carbonyl (C=O) groups is 2. The van der Waals surface area contributed by atoms with E-state index < -0.39 is 0 Å². The van der Waals surface area contributed by atoms with Gasteiger partial charge in [-0.3, -0.25) is 9.59 Å². The van der Waals surface area contributed by atoms with Gasteiger partial charge in [0.15, 0.2) is 5.78 Å². The summed E-state index contributed by atoms with van der Waals surface area (Å²) in [5.74, 6) is 0.549. The molecule has 0 saturated carbocycles. The van der Waals surface area contributed by atoms with Crippen molar-refractivity contribution in [1.29, 1.82) is 0 Å². The fraction of sp³-hybridized carbons (Fsp3) is 0.647. The number of aliphatic hydroxyl groups excluding tert-OH is 1. The molecule has 0 spiro atoms. The molecule has 0 radical (unpaired) electrons. The van der Waals surface area contributed by atoms with E-state index >= 15 is 0 Å². The molecule has 0 saturated heterocycles. The molecule has 0 aromatic carbocycles. The minimum Gasteiger partial charge on any atom is -0.396 e. The van der Waals surface area contributed by atoms with Crippen molar-refractivity contribution in [3.8, 4) is 0 Å². The summed E-state index contributed by atoms with van der Waals surface area (Å²) in [6.07, 6.45) is 1.64. The third kappa shape index (κ3) is 4.70. The zero-order valence-electron chi connectivity index (χ0n) is 14.2. The van der Waals surface area contributed by atoms with Crippen molar-refractivity contribution in [1.82, 2.24) is 10.3 Å². The molecule has 1 atom stereocenters. The van der Waals surface area contributed by atoms with E-state index in [1.165, 1.54) is 6.92 Å². The van der Waals surface area contributed by atoms with Crippen LogP contribution in [0.1, 0.15) is 65.7 Å². The Bertz CT molecular complexity index is 532. The van der Waals surface area contributed by atoms with Crippen molar-refractivity contribution in [3.63, 3.8) is 0 Å². The largest absolute Gasteiger partial charge is 0.396 e. The van der Waals surface area contributed by atoms with Crippen LogP contribution in [-0.4, -0.2) is 34.9 Å². The highest BCUT2D eigenvalue weighted by molar-refractivity contribution is 6.02. The van der Waals surface area contributed by atoms with Crippen molar-refractivity contribution in [3.05, 3.63) is 22.5 Å². The maximum Gasteiger partial charge on any atom is 0.268 e. The highest BCUT2D eigenvalue weighted by Gasteiger charge is 2.20. The molecule has 1 amide bonds. The molecule has 5 nitrogen and oxygen atoms in total. The topological polar surface area (TPSA) is 82.2 Å². The van der Waals surface area contributed by atoms with Gasteiger partial charge in [0, 0.05) is 24.4 Å². The number of aryl methyl sites for hydroxylation is 1. The van der Waals surface area contributed by atoms with Gasteiger partial charge in [-0.1, -0.05) is 13.8 Å². The fourth-order valence-electron chi connectivity index (χ4n) is 2.98. The summed E-state index contributed by atoms with van der Waals surface area (Å²) in [6.45, 7) is 10.0. The van der Waals surface area contributed by atoms with Gasteiger partial charge in [0.1, 0.15) is 5.69 Å². The van der Waals surface area contributed by atoms with Gasteiger partial charge in [-0.15, -0.1) is 0 Å². The van der Waals surface area contributed by atoms with E-state index in [-0.39, 0.29) is 24.2 Å². The Balaban J connectivity index is 2.76. The lowest BCUT2D eigenvalue weighted by Crippen LogP contribution is -2.31. The molecule has 1 unspecified atom stereocenters. The molecular weight excluding hydrogens is 280 g/mol. The molecule has 0 aliphatic carbocycles. The van der Waals surface area contributed by atoms with Crippen LogP contribution in [0.3, 0.4) is 0 Å². The van der Waals surface area contributed by atoms with Crippen LogP contribution in [0.15, 0.2) is 0 Å². The van der Waals surface area contributed by atoms with Crippen LogP contribution in [0.4, 0.5) is 0 Å². The first-order chi connectivity index (χ1) is 10.3. The van der Waals surface area contributed by atoms with Crippen LogP contribution in [0.25, 0.3) is 0 Å². The molecule has 124 valence electrons. The van der Waals surface area contributed by atoms with Gasteiger partial charge < -0.3 is 15.4 Å². The minimum atomic E-state index is -0.195. The van der Waals surface area contributed by atoms with Gasteiger partial charge in [0.2, 0.25) is 0 Å². The Labute approximate surface area is 132 Å². The van der Waals surface area contributed by atoms with Crippen molar-refractivity contribution in [2.75, 3.05) is 13.2 Å². The normalized spacial score (nSPS) is 12.5. The first kappa shape index (κ1) is 18.4. The molecule has 0 fully saturated rings. The second-order valence-electron chi connectivity index (χ2n) is 6.40. The maximum absolute atomic E-state index is 12.3. The number of aliphatic hydroxyl groups is 1. The van der Waals surface area contributed by atoms with Crippen LogP contribution < -0.4 is 5.32 Å². The lowest BCUT2D eigenvalue weighted by atomic mass is 9.94. The quantitative estimate of drug-likeness (QED) is 0.646. The average molecular weight is 308 g/mol. The third-order valence-electron chi connectivity index (χ3n) is 3.91. The summed E-state index contributed by atoms with van der Waals surface area (Å²) in [5, 5.41) is 12.0. The molecule has 1 aromatic rings. The molecule has 22 heavy (non-hydrogen) atoms. The van der Waals surface area contributed by atoms with Gasteiger partial charge in [-0.2, -0.15) is 0 Å². The van der Waals surface area contributed by atoms with Crippen LogP contribution >= 0.6 is 0 Å². The summed E-state index contributed by atoms with van der Waals surface area (Å²) < 4.78 is 0. The number of ketones is 1. The van der Waals surface area contributed by atoms with Crippen LogP contribution in [0.2, 0.25) is 0 Å². The third-order valence-corrected chi connectivity index (χ3v) is 3.91. The molecule has 0 bridgehead atoms. The first-order valence-electron chi connectivity index (χ1n) is 7.87. The zero-order valence-corrected chi connectivity index (χ0v) is 14.2. The molecule has 5 heteroatoms. The number of aromatic nitrogens is 1. The molecule has 3 N–H and O–H groups in total. The zero-order chi connectivity index (χ0) is 16.9. The second kappa shape index (κ2) is 8.13. The number of nitrogens with one attached hydrogen (secondary N) is 2. The molecule has 1 heterocycles. The average Bonchev–Trinajstić information content (AvgIpc) is 2.70. The van der Waals surface area contributed by atoms with E-state index in [1.54, 1.807) is 13.8 Å². The number of Topliss-reactive ketones (excluding diaryl/α,β-unsaturated/α-hetero) is 1. The summed E-state index contributed by atoms with van der Waals surface area (Å²) in [7, 11) is 0. The highest BCUT2D eigenvalue weighted by Crippen LogP contribution is 2.19. The number of rotatable bonds is 8. The van der Waals surface area contributed by atoms with Gasteiger partial charge in [0.25, 0.3) is 5.91 Å². The Morgan fingerprint density at radius 2 is 1.91 bits per heavy atom. The monoisotopic (exact) mass is 308 g/mol. The molecule has 0 aliphatic heterocycles. The lowest BCUT2D eigenvalue weighted by Gasteiger charge is -2.18. The maximum atomic E-state index is 12.3. The van der Waals surface area contributed by atoms with E-state index in [2.05, 4.69) is 24.1 Å². The Morgan fingerprint density at radius 3 is 2.36 bits per heavy atom. The van der Waals surface area contributed by atoms with Crippen LogP contribution in [-0.2, 0) is 0 Å². The Hall–Kier alpha value is -1.62. The smallest absolute Gasteiger partial charge is 0.268 e. The highest BCUT2D eigenvalue weighted by atomic mass is 16.3. The van der Waals surface area contributed by atoms with E-state index in [1.807, 2.05) is 0 Å². The number of amides is 1. The summed E-state index contributed by atoms with van der Waals surface area (Å²) in [5.41, 5.74) is 2.48. The van der Waals surface area contributed by atoms with Crippen molar-refractivity contribution >= 4 is 11.7 Å². The van der Waals surface area contributed by atoms with E-state index in [4.69, 9.17) is 5.11 Å². The Kier molecular flexibility index (Phi) is 6.81. The van der Waals surface area contributed by atoms with Crippen LogP contribution in [0.5, 0.6) is 0 Å². The number of hydrogen-bond donors (Lipinski definition) is 3. The summed E-state index contributed by atoms with van der Waals surface area (Å²) in [6, 6.07) is 0. The van der Waals surface area contributed by atoms with Gasteiger partial charge >= 0.3 is 0 Å².